The van der Waals surface area contributed by atoms with Gasteiger partial charge in [-0.05, 0) is 48.6 Å². The van der Waals surface area contributed by atoms with E-state index in [-0.39, 0.29) is 18.6 Å². The Morgan fingerprint density at radius 2 is 1.54 bits per heavy atom. The average molecular weight is 527 g/mol. The number of methoxy groups -OCH3 is 1. The number of rotatable bonds is 9. The molecule has 3 aromatic carbocycles. The third kappa shape index (κ3) is 7.57. The van der Waals surface area contributed by atoms with Crippen molar-refractivity contribution in [1.29, 1.82) is 0 Å². The zero-order valence-corrected chi connectivity index (χ0v) is 22.3. The van der Waals surface area contributed by atoms with Crippen LogP contribution in [0.4, 0.5) is 4.79 Å². The van der Waals surface area contributed by atoms with Gasteiger partial charge in [0.1, 0.15) is 6.61 Å². The molecule has 0 saturated carbocycles. The first-order valence-electron chi connectivity index (χ1n) is 13.1. The van der Waals surface area contributed by atoms with Gasteiger partial charge < -0.3 is 19.7 Å². The molecule has 1 heterocycles. The average Bonchev–Trinajstić information content (AvgIpc) is 2.99. The van der Waals surface area contributed by atoms with Crippen LogP contribution in [-0.4, -0.2) is 49.1 Å². The fourth-order valence-corrected chi connectivity index (χ4v) is 4.66. The minimum Gasteiger partial charge on any atom is -0.469 e. The Kier molecular flexibility index (Phi) is 9.51. The summed E-state index contributed by atoms with van der Waals surface area (Å²) in [6, 6.07) is 26.3. The van der Waals surface area contributed by atoms with Gasteiger partial charge in [0.25, 0.3) is 5.91 Å². The molecule has 1 N–H and O–H groups in total. The van der Waals surface area contributed by atoms with Gasteiger partial charge in [-0.1, -0.05) is 84.4 Å². The van der Waals surface area contributed by atoms with E-state index in [0.29, 0.717) is 31.5 Å². The van der Waals surface area contributed by atoms with Gasteiger partial charge in [-0.2, -0.15) is 0 Å². The van der Waals surface area contributed by atoms with Crippen molar-refractivity contribution in [2.24, 2.45) is 5.92 Å². The Bertz CT molecular complexity index is 1290. The summed E-state index contributed by atoms with van der Waals surface area (Å²) in [5.74, 6) is -1.28. The van der Waals surface area contributed by atoms with Crippen LogP contribution in [0.3, 0.4) is 0 Å². The largest absolute Gasteiger partial charge is 0.469 e. The van der Waals surface area contributed by atoms with Gasteiger partial charge in [0.15, 0.2) is 0 Å². The molecule has 0 aliphatic carbocycles. The second kappa shape index (κ2) is 13.4. The van der Waals surface area contributed by atoms with Crippen molar-refractivity contribution >= 4 is 18.0 Å². The number of esters is 1. The summed E-state index contributed by atoms with van der Waals surface area (Å²) in [6.07, 6.45) is 2.69. The van der Waals surface area contributed by atoms with Crippen LogP contribution in [0.1, 0.15) is 35.7 Å². The molecule has 0 fully saturated rings. The highest BCUT2D eigenvalue weighted by molar-refractivity contribution is 5.95. The fourth-order valence-electron chi connectivity index (χ4n) is 4.66. The lowest BCUT2D eigenvalue weighted by atomic mass is 9.91. The van der Waals surface area contributed by atoms with Crippen LogP contribution < -0.4 is 5.32 Å². The summed E-state index contributed by atoms with van der Waals surface area (Å²) in [5, 5.41) is 2.96. The van der Waals surface area contributed by atoms with Gasteiger partial charge >= 0.3 is 12.1 Å². The Morgan fingerprint density at radius 1 is 0.897 bits per heavy atom. The molecular weight excluding hydrogens is 492 g/mol. The highest BCUT2D eigenvalue weighted by Crippen LogP contribution is 2.23. The standard InChI is InChI=1S/C32H34N2O5/c1-23(33-30(35)28-17-15-27(16-18-28)26-13-7-4-8-14-26)29(31(36)38-2)20-25-12-9-19-34(21-25)32(37)39-22-24-10-5-3-6-11-24/h3-8,10-18,23,29H,9,19-22H2,1-2H3,(H,33,35)/t23-,29-/m1/s1. The molecule has 0 bridgehead atoms. The van der Waals surface area contributed by atoms with E-state index >= 15 is 0 Å². The van der Waals surface area contributed by atoms with Gasteiger partial charge in [-0.25, -0.2) is 4.79 Å². The third-order valence-electron chi connectivity index (χ3n) is 6.89. The molecular formula is C32H34N2O5. The monoisotopic (exact) mass is 526 g/mol. The summed E-state index contributed by atoms with van der Waals surface area (Å²) in [7, 11) is 1.34. The zero-order valence-electron chi connectivity index (χ0n) is 22.3. The highest BCUT2D eigenvalue weighted by atomic mass is 16.6. The van der Waals surface area contributed by atoms with E-state index in [1.807, 2.05) is 78.9 Å². The van der Waals surface area contributed by atoms with E-state index in [1.165, 1.54) is 7.11 Å². The number of carbonyl (C=O) groups is 3. The minimum absolute atomic E-state index is 0.204. The first kappa shape index (κ1) is 27.6. The normalized spacial score (nSPS) is 14.5. The molecule has 1 aliphatic heterocycles. The zero-order chi connectivity index (χ0) is 27.6. The molecule has 1 aliphatic rings. The predicted octanol–water partition coefficient (Wildman–Crippen LogP) is 5.62. The van der Waals surface area contributed by atoms with E-state index in [0.717, 1.165) is 22.3 Å². The van der Waals surface area contributed by atoms with Crippen LogP contribution in [0.5, 0.6) is 0 Å². The van der Waals surface area contributed by atoms with Gasteiger partial charge in [0.05, 0.1) is 13.0 Å². The van der Waals surface area contributed by atoms with Crippen molar-refractivity contribution in [3.8, 4) is 11.1 Å². The second-order valence-electron chi connectivity index (χ2n) is 9.65. The lowest BCUT2D eigenvalue weighted by molar-refractivity contribution is -0.146. The maximum atomic E-state index is 13.0. The molecule has 0 unspecified atom stereocenters. The molecule has 0 saturated heterocycles. The van der Waals surface area contributed by atoms with Crippen molar-refractivity contribution in [3.63, 3.8) is 0 Å². The Balaban J connectivity index is 1.35. The van der Waals surface area contributed by atoms with Crippen molar-refractivity contribution in [2.75, 3.05) is 20.2 Å². The maximum Gasteiger partial charge on any atom is 0.410 e. The fraction of sp³-hybridized carbons (Fsp3) is 0.281. The number of nitrogens with one attached hydrogen (secondary N) is 1. The summed E-state index contributed by atoms with van der Waals surface area (Å²) < 4.78 is 10.6. The quantitative estimate of drug-likeness (QED) is 0.289. The molecule has 4 rings (SSSR count). The number of carbonyl (C=O) groups excluding carboxylic acids is 3. The number of nitrogens with zero attached hydrogens (tertiary/aromatic N) is 1. The highest BCUT2D eigenvalue weighted by Gasteiger charge is 2.30. The van der Waals surface area contributed by atoms with Crippen molar-refractivity contribution in [3.05, 3.63) is 108 Å². The smallest absolute Gasteiger partial charge is 0.410 e. The molecule has 202 valence electrons. The van der Waals surface area contributed by atoms with Crippen LogP contribution in [0, 0.1) is 5.92 Å². The van der Waals surface area contributed by atoms with Gasteiger partial charge in [-0.3, -0.25) is 9.59 Å². The van der Waals surface area contributed by atoms with E-state index in [4.69, 9.17) is 9.47 Å². The summed E-state index contributed by atoms with van der Waals surface area (Å²) in [6.45, 7) is 2.91. The predicted molar refractivity (Wildman–Crippen MR) is 150 cm³/mol. The van der Waals surface area contributed by atoms with Crippen molar-refractivity contribution in [2.45, 2.75) is 32.4 Å². The SMILES string of the molecule is COC(=O)[C@H](CC1=CCCN(C(=O)OCc2ccccc2)C1)[C@@H](C)NC(=O)c1ccc(-c2ccccc2)cc1. The number of hydrogen-bond acceptors (Lipinski definition) is 5. The van der Waals surface area contributed by atoms with Crippen LogP contribution in [-0.2, 0) is 20.9 Å². The van der Waals surface area contributed by atoms with Crippen LogP contribution in [0.2, 0.25) is 0 Å². The molecule has 39 heavy (non-hydrogen) atoms. The van der Waals surface area contributed by atoms with E-state index in [1.54, 1.807) is 24.0 Å². The number of benzene rings is 3. The maximum absolute atomic E-state index is 13.0. The molecule has 2 amide bonds. The number of hydrogen-bond donors (Lipinski definition) is 1. The van der Waals surface area contributed by atoms with Gasteiger partial charge in [0.2, 0.25) is 0 Å². The first-order chi connectivity index (χ1) is 18.9. The van der Waals surface area contributed by atoms with Crippen LogP contribution in [0.15, 0.2) is 96.6 Å². The summed E-state index contributed by atoms with van der Waals surface area (Å²) in [5.41, 5.74) is 4.45. The third-order valence-corrected chi connectivity index (χ3v) is 6.89. The molecule has 0 aromatic heterocycles. The van der Waals surface area contributed by atoms with Crippen LogP contribution >= 0.6 is 0 Å². The molecule has 3 aromatic rings. The van der Waals surface area contributed by atoms with Gasteiger partial charge in [0, 0.05) is 24.7 Å². The summed E-state index contributed by atoms with van der Waals surface area (Å²) in [4.78, 5) is 40.0. The lowest BCUT2D eigenvalue weighted by Crippen LogP contribution is -2.43. The molecule has 0 radical (unpaired) electrons. The van der Waals surface area contributed by atoms with Gasteiger partial charge in [-0.15, -0.1) is 0 Å². The summed E-state index contributed by atoms with van der Waals surface area (Å²) >= 11 is 0. The van der Waals surface area contributed by atoms with Crippen molar-refractivity contribution < 1.29 is 23.9 Å². The molecule has 7 heteroatoms. The van der Waals surface area contributed by atoms with E-state index < -0.39 is 17.9 Å². The van der Waals surface area contributed by atoms with E-state index in [9.17, 15) is 14.4 Å². The Morgan fingerprint density at radius 3 is 2.21 bits per heavy atom. The lowest BCUT2D eigenvalue weighted by Gasteiger charge is -2.30. The number of amides is 2. The Hall–Kier alpha value is -4.39. The second-order valence-corrected chi connectivity index (χ2v) is 9.65. The Labute approximate surface area is 229 Å². The van der Waals surface area contributed by atoms with Crippen LogP contribution in [0.25, 0.3) is 11.1 Å². The van der Waals surface area contributed by atoms with E-state index in [2.05, 4.69) is 5.32 Å². The number of ether oxygens (including phenoxy) is 2. The molecule has 2 atom stereocenters. The molecule has 0 spiro atoms. The topological polar surface area (TPSA) is 84.9 Å². The van der Waals surface area contributed by atoms with Crippen molar-refractivity contribution in [1.82, 2.24) is 10.2 Å². The minimum atomic E-state index is -0.603. The molecule has 7 nitrogen and oxygen atoms in total. The first-order valence-corrected chi connectivity index (χ1v) is 13.1.